The summed E-state index contributed by atoms with van der Waals surface area (Å²) >= 11 is 0. The fraction of sp³-hybridized carbons (Fsp3) is 0.556. The van der Waals surface area contributed by atoms with Crippen LogP contribution < -0.4 is 0 Å². The second-order valence-electron chi connectivity index (χ2n) is 10.0. The minimum absolute atomic E-state index is 0.0402. The van der Waals surface area contributed by atoms with Gasteiger partial charge in [0.1, 0.15) is 6.10 Å². The van der Waals surface area contributed by atoms with Crippen LogP contribution in [0, 0.1) is 17.3 Å². The number of hydrogen-bond donors (Lipinski definition) is 1. The Morgan fingerprint density at radius 3 is 2.68 bits per heavy atom. The lowest BCUT2D eigenvalue weighted by Crippen LogP contribution is -2.43. The number of aliphatic hydroxyl groups is 1. The van der Waals surface area contributed by atoms with Crippen molar-refractivity contribution in [3.8, 4) is 0 Å². The van der Waals surface area contributed by atoms with Gasteiger partial charge < -0.3 is 9.84 Å². The van der Waals surface area contributed by atoms with E-state index in [2.05, 4.69) is 6.92 Å². The van der Waals surface area contributed by atoms with E-state index < -0.39 is 0 Å². The van der Waals surface area contributed by atoms with Crippen LogP contribution in [0.5, 0.6) is 0 Å². The summed E-state index contributed by atoms with van der Waals surface area (Å²) in [5.41, 5.74) is 6.91. The van der Waals surface area contributed by atoms with Crippen molar-refractivity contribution >= 4 is 17.3 Å². The highest BCUT2D eigenvalue weighted by molar-refractivity contribution is 6.23. The first-order chi connectivity index (χ1) is 14.9. The molecule has 0 aliphatic heterocycles. The second kappa shape index (κ2) is 7.74. The van der Waals surface area contributed by atoms with Crippen LogP contribution in [0.4, 0.5) is 0 Å². The number of carbonyl (C=O) groups excluding carboxylic acids is 2. The van der Waals surface area contributed by atoms with Crippen LogP contribution in [0.3, 0.4) is 0 Å². The van der Waals surface area contributed by atoms with E-state index in [1.54, 1.807) is 5.57 Å². The predicted molar refractivity (Wildman–Crippen MR) is 119 cm³/mol. The number of rotatable bonds is 3. The summed E-state index contributed by atoms with van der Waals surface area (Å²) in [6.45, 7) is 3.81. The number of allylic oxidation sites excluding steroid dienone is 4. The molecule has 0 bridgehead atoms. The first kappa shape index (κ1) is 20.7. The summed E-state index contributed by atoms with van der Waals surface area (Å²) in [5, 5.41) is 9.86. The van der Waals surface area contributed by atoms with Crippen LogP contribution >= 0.6 is 0 Å². The van der Waals surface area contributed by atoms with Gasteiger partial charge in [-0.15, -0.1) is 0 Å². The van der Waals surface area contributed by atoms with Crippen LogP contribution in [0.2, 0.25) is 0 Å². The Labute approximate surface area is 184 Å². The summed E-state index contributed by atoms with van der Waals surface area (Å²) in [4.78, 5) is 24.7. The maximum Gasteiger partial charge on any atom is 0.302 e. The third kappa shape index (κ3) is 3.22. The molecule has 2 fully saturated rings. The van der Waals surface area contributed by atoms with Crippen LogP contribution in [0.25, 0.3) is 5.57 Å². The molecule has 1 aromatic rings. The van der Waals surface area contributed by atoms with Gasteiger partial charge in [0.15, 0.2) is 5.78 Å². The van der Waals surface area contributed by atoms with Crippen molar-refractivity contribution in [3.05, 3.63) is 52.1 Å². The zero-order valence-corrected chi connectivity index (χ0v) is 18.6. The SMILES string of the molecule is CC(=O)O[C@H]1CC[C@H]2[C@@H]3CCC4=C(c5ccccc5CO)C(=O)CCC4=C3CC[C@]12C. The van der Waals surface area contributed by atoms with Gasteiger partial charge >= 0.3 is 5.97 Å². The molecule has 31 heavy (non-hydrogen) atoms. The topological polar surface area (TPSA) is 63.6 Å². The first-order valence-corrected chi connectivity index (χ1v) is 11.8. The molecule has 0 unspecified atom stereocenters. The van der Waals surface area contributed by atoms with Gasteiger partial charge in [-0.3, -0.25) is 9.59 Å². The van der Waals surface area contributed by atoms with E-state index >= 15 is 0 Å². The Balaban J connectivity index is 1.56. The Morgan fingerprint density at radius 1 is 1.10 bits per heavy atom. The van der Waals surface area contributed by atoms with Gasteiger partial charge in [-0.1, -0.05) is 36.8 Å². The molecule has 4 aliphatic carbocycles. The standard InChI is InChI=1S/C27H32O4/c1-16(29)31-25-12-10-23-21-7-8-22-19(20(21)13-14-27(23,25)2)9-11-24(30)26(22)18-6-4-3-5-17(18)15-28/h3-6,21,23,25,28H,7-15H2,1-2H3/t21-,23+,25+,27+/m1/s1. The number of aliphatic hydroxyl groups excluding tert-OH is 1. The molecule has 4 aliphatic rings. The highest BCUT2D eigenvalue weighted by atomic mass is 16.5. The lowest BCUT2D eigenvalue weighted by atomic mass is 9.57. The molecule has 0 spiro atoms. The Morgan fingerprint density at radius 2 is 1.90 bits per heavy atom. The fourth-order valence-electron chi connectivity index (χ4n) is 7.19. The molecule has 0 amide bonds. The third-order valence-electron chi connectivity index (χ3n) is 8.59. The van der Waals surface area contributed by atoms with Crippen LogP contribution in [-0.2, 0) is 20.9 Å². The zero-order chi connectivity index (χ0) is 21.8. The molecule has 1 aromatic carbocycles. The van der Waals surface area contributed by atoms with E-state index in [0.29, 0.717) is 18.3 Å². The normalized spacial score (nSPS) is 32.5. The number of fused-ring (bicyclic) bond motifs is 4. The summed E-state index contributed by atoms with van der Waals surface area (Å²) in [6.07, 6.45) is 7.62. The number of ketones is 1. The summed E-state index contributed by atoms with van der Waals surface area (Å²) in [5.74, 6) is 1.15. The third-order valence-corrected chi connectivity index (χ3v) is 8.59. The maximum absolute atomic E-state index is 13.0. The predicted octanol–water partition coefficient (Wildman–Crippen LogP) is 5.14. The first-order valence-electron chi connectivity index (χ1n) is 11.8. The number of ether oxygens (including phenoxy) is 1. The van der Waals surface area contributed by atoms with E-state index in [9.17, 15) is 14.7 Å². The zero-order valence-electron chi connectivity index (χ0n) is 18.6. The molecular formula is C27H32O4. The van der Waals surface area contributed by atoms with Gasteiger partial charge in [0.05, 0.1) is 6.61 Å². The second-order valence-corrected chi connectivity index (χ2v) is 10.0. The summed E-state index contributed by atoms with van der Waals surface area (Å²) in [7, 11) is 0. The fourth-order valence-corrected chi connectivity index (χ4v) is 7.19. The minimum atomic E-state index is -0.164. The van der Waals surface area contributed by atoms with E-state index in [1.807, 2.05) is 24.3 Å². The van der Waals surface area contributed by atoms with Crippen molar-refractivity contribution in [1.82, 2.24) is 0 Å². The Kier molecular flexibility index (Phi) is 5.16. The van der Waals surface area contributed by atoms with Crippen LogP contribution in [0.1, 0.15) is 76.3 Å². The molecule has 4 atom stereocenters. The molecular weight excluding hydrogens is 388 g/mol. The van der Waals surface area contributed by atoms with Gasteiger partial charge in [0.25, 0.3) is 0 Å². The number of carbonyl (C=O) groups is 2. The molecule has 164 valence electrons. The lowest BCUT2D eigenvalue weighted by molar-refractivity contribution is -0.153. The molecule has 0 heterocycles. The Hall–Kier alpha value is -2.20. The number of Topliss-reactive ketones (excluding diaryl/α,β-unsaturated/α-hetero) is 1. The van der Waals surface area contributed by atoms with Crippen molar-refractivity contribution in [2.45, 2.75) is 77.9 Å². The van der Waals surface area contributed by atoms with E-state index in [1.165, 1.54) is 18.1 Å². The highest BCUT2D eigenvalue weighted by Crippen LogP contribution is 2.61. The van der Waals surface area contributed by atoms with Crippen LogP contribution in [-0.4, -0.2) is 23.0 Å². The van der Waals surface area contributed by atoms with Gasteiger partial charge in [-0.05, 0) is 79.1 Å². The molecule has 0 radical (unpaired) electrons. The minimum Gasteiger partial charge on any atom is -0.462 e. The number of benzene rings is 1. The van der Waals surface area contributed by atoms with E-state index in [0.717, 1.165) is 61.6 Å². The van der Waals surface area contributed by atoms with Crippen molar-refractivity contribution in [2.75, 3.05) is 0 Å². The van der Waals surface area contributed by atoms with Crippen molar-refractivity contribution in [2.24, 2.45) is 17.3 Å². The van der Waals surface area contributed by atoms with Crippen LogP contribution in [0.15, 0.2) is 41.0 Å². The average Bonchev–Trinajstić information content (AvgIpc) is 3.09. The molecule has 1 N–H and O–H groups in total. The molecule has 4 nitrogen and oxygen atoms in total. The number of hydrogen-bond acceptors (Lipinski definition) is 4. The van der Waals surface area contributed by atoms with E-state index in [4.69, 9.17) is 4.74 Å². The molecule has 0 aromatic heterocycles. The van der Waals surface area contributed by atoms with E-state index in [-0.39, 0.29) is 29.9 Å². The molecule has 0 saturated heterocycles. The van der Waals surface area contributed by atoms with Crippen molar-refractivity contribution in [3.63, 3.8) is 0 Å². The highest BCUT2D eigenvalue weighted by Gasteiger charge is 2.55. The molecule has 5 rings (SSSR count). The van der Waals surface area contributed by atoms with Gasteiger partial charge in [-0.25, -0.2) is 0 Å². The monoisotopic (exact) mass is 420 g/mol. The average molecular weight is 421 g/mol. The maximum atomic E-state index is 13.0. The summed E-state index contributed by atoms with van der Waals surface area (Å²) in [6, 6.07) is 7.79. The molecule has 4 heteroatoms. The van der Waals surface area contributed by atoms with Crippen molar-refractivity contribution < 1.29 is 19.4 Å². The quantitative estimate of drug-likeness (QED) is 0.688. The number of esters is 1. The lowest BCUT2D eigenvalue weighted by Gasteiger charge is -2.49. The van der Waals surface area contributed by atoms with Gasteiger partial charge in [0, 0.05) is 24.3 Å². The van der Waals surface area contributed by atoms with Crippen molar-refractivity contribution in [1.29, 1.82) is 0 Å². The smallest absolute Gasteiger partial charge is 0.302 e. The van der Waals surface area contributed by atoms with Gasteiger partial charge in [0.2, 0.25) is 0 Å². The summed E-state index contributed by atoms with van der Waals surface area (Å²) < 4.78 is 5.75. The Bertz CT molecular complexity index is 1000. The largest absolute Gasteiger partial charge is 0.462 e. The van der Waals surface area contributed by atoms with Gasteiger partial charge in [-0.2, -0.15) is 0 Å². The molecule has 2 saturated carbocycles.